The fourth-order valence-electron chi connectivity index (χ4n) is 2.29. The van der Waals surface area contributed by atoms with Crippen molar-refractivity contribution in [2.24, 2.45) is 10.2 Å². The van der Waals surface area contributed by atoms with E-state index in [0.29, 0.717) is 0 Å². The van der Waals surface area contributed by atoms with E-state index in [4.69, 9.17) is 9.47 Å². The molecule has 0 aromatic heterocycles. The van der Waals surface area contributed by atoms with E-state index in [2.05, 4.69) is 21.1 Å². The van der Waals surface area contributed by atoms with Crippen LogP contribution in [-0.4, -0.2) is 46.4 Å². The van der Waals surface area contributed by atoms with Crippen molar-refractivity contribution >= 4 is 46.1 Å². The second-order valence-corrected chi connectivity index (χ2v) is 6.28. The molecule has 0 aliphatic heterocycles. The van der Waals surface area contributed by atoms with Crippen molar-refractivity contribution < 1.29 is 28.9 Å². The number of nitrogens with one attached hydrogen (secondary N) is 2. The third-order valence-electron chi connectivity index (χ3n) is 3.65. The number of anilines is 2. The third-order valence-corrected chi connectivity index (χ3v) is 3.65. The second-order valence-electron chi connectivity index (χ2n) is 6.28. The highest BCUT2D eigenvalue weighted by Gasteiger charge is 2.25. The summed E-state index contributed by atoms with van der Waals surface area (Å²) in [5.41, 5.74) is 3.85. The molecule has 1 rings (SSSR count). The molecular weight excluding hydrogens is 428 g/mol. The van der Waals surface area contributed by atoms with Crippen molar-refractivity contribution in [3.05, 3.63) is 32.4 Å². The maximum Gasteiger partial charge on any atom is 0.311 e. The molecular formula is C18H24N6O8. The van der Waals surface area contributed by atoms with Gasteiger partial charge in [0.1, 0.15) is 11.4 Å². The van der Waals surface area contributed by atoms with Gasteiger partial charge in [-0.05, 0) is 27.7 Å². The Kier molecular flexibility index (Phi) is 10.2. The molecule has 14 nitrogen and oxygen atoms in total. The predicted octanol–water partition coefficient (Wildman–Crippen LogP) is 2.99. The van der Waals surface area contributed by atoms with Gasteiger partial charge in [-0.15, -0.1) is 0 Å². The molecule has 0 amide bonds. The summed E-state index contributed by atoms with van der Waals surface area (Å²) in [5, 5.41) is 30.6. The highest BCUT2D eigenvalue weighted by Crippen LogP contribution is 2.36. The van der Waals surface area contributed by atoms with Gasteiger partial charge in [0, 0.05) is 17.5 Å². The molecule has 174 valence electrons. The monoisotopic (exact) mass is 452 g/mol. The summed E-state index contributed by atoms with van der Waals surface area (Å²) in [5.74, 6) is -1.05. The van der Waals surface area contributed by atoms with Crippen LogP contribution in [0.15, 0.2) is 22.3 Å². The average Bonchev–Trinajstić information content (AvgIpc) is 2.70. The standard InChI is InChI=1S/C18H24N6O8/c1-5-31-17(25)7-11(3)19-21-13-9-14(16(24(29)30)10-15(13)23(27)28)22-20-12(4)8-18(26)32-6-2/h9-10,21-22H,5-8H2,1-4H3/b19-11-,20-12-. The maximum absolute atomic E-state index is 11.5. The fraction of sp³-hybridized carbons (Fsp3) is 0.444. The van der Waals surface area contributed by atoms with Crippen LogP contribution in [0.5, 0.6) is 0 Å². The average molecular weight is 452 g/mol. The summed E-state index contributed by atoms with van der Waals surface area (Å²) >= 11 is 0. The van der Waals surface area contributed by atoms with Crippen LogP contribution in [0.2, 0.25) is 0 Å². The Labute approximate surface area is 182 Å². The third kappa shape index (κ3) is 8.33. The second kappa shape index (κ2) is 12.6. The minimum atomic E-state index is -0.815. The van der Waals surface area contributed by atoms with E-state index in [1.807, 2.05) is 0 Å². The van der Waals surface area contributed by atoms with Gasteiger partial charge in [-0.3, -0.25) is 40.7 Å². The quantitative estimate of drug-likeness (QED) is 0.206. The zero-order valence-electron chi connectivity index (χ0n) is 18.0. The van der Waals surface area contributed by atoms with E-state index in [-0.39, 0.29) is 48.9 Å². The van der Waals surface area contributed by atoms with E-state index in [9.17, 15) is 29.8 Å². The lowest BCUT2D eigenvalue weighted by Crippen LogP contribution is -2.11. The molecule has 1 aromatic rings. The molecule has 0 heterocycles. The first-order chi connectivity index (χ1) is 15.1. The molecule has 32 heavy (non-hydrogen) atoms. The van der Waals surface area contributed by atoms with Crippen molar-refractivity contribution in [1.82, 2.24) is 0 Å². The van der Waals surface area contributed by atoms with Crippen LogP contribution in [0, 0.1) is 20.2 Å². The predicted molar refractivity (Wildman–Crippen MR) is 116 cm³/mol. The number of hydrogen-bond acceptors (Lipinski definition) is 12. The number of nitro benzene ring substituents is 2. The number of hydrazone groups is 2. The van der Waals surface area contributed by atoms with Gasteiger partial charge in [0.15, 0.2) is 0 Å². The molecule has 0 saturated carbocycles. The van der Waals surface area contributed by atoms with Gasteiger partial charge in [0.25, 0.3) is 0 Å². The summed E-state index contributed by atoms with van der Waals surface area (Å²) in [6, 6.07) is 1.83. The number of rotatable bonds is 12. The van der Waals surface area contributed by atoms with Crippen molar-refractivity contribution in [2.45, 2.75) is 40.5 Å². The van der Waals surface area contributed by atoms with Crippen molar-refractivity contribution in [1.29, 1.82) is 0 Å². The lowest BCUT2D eigenvalue weighted by atomic mass is 10.2. The Balaban J connectivity index is 3.22. The van der Waals surface area contributed by atoms with Gasteiger partial charge in [-0.1, -0.05) is 0 Å². The molecule has 0 radical (unpaired) electrons. The van der Waals surface area contributed by atoms with E-state index >= 15 is 0 Å². The lowest BCUT2D eigenvalue weighted by molar-refractivity contribution is -0.393. The number of nitrogens with zero attached hydrogens (tertiary/aromatic N) is 4. The zero-order valence-corrected chi connectivity index (χ0v) is 18.0. The van der Waals surface area contributed by atoms with E-state index in [0.717, 1.165) is 12.1 Å². The van der Waals surface area contributed by atoms with E-state index in [1.54, 1.807) is 13.8 Å². The molecule has 0 unspecified atom stereocenters. The molecule has 0 bridgehead atoms. The Hall–Kier alpha value is -4.10. The van der Waals surface area contributed by atoms with Gasteiger partial charge >= 0.3 is 23.3 Å². The fourth-order valence-corrected chi connectivity index (χ4v) is 2.29. The molecule has 14 heteroatoms. The van der Waals surface area contributed by atoms with Gasteiger partial charge < -0.3 is 9.47 Å². The summed E-state index contributed by atoms with van der Waals surface area (Å²) in [4.78, 5) is 44.2. The smallest absolute Gasteiger partial charge is 0.311 e. The molecule has 2 N–H and O–H groups in total. The summed E-state index contributed by atoms with van der Waals surface area (Å²) < 4.78 is 9.59. The van der Waals surface area contributed by atoms with Crippen molar-refractivity contribution in [3.8, 4) is 0 Å². The van der Waals surface area contributed by atoms with Crippen molar-refractivity contribution in [3.63, 3.8) is 0 Å². The normalized spacial score (nSPS) is 11.5. The number of benzene rings is 1. The van der Waals surface area contributed by atoms with Crippen LogP contribution >= 0.6 is 0 Å². The lowest BCUT2D eigenvalue weighted by Gasteiger charge is -2.09. The van der Waals surface area contributed by atoms with Gasteiger partial charge in [0.2, 0.25) is 0 Å². The molecule has 0 fully saturated rings. The Morgan fingerprint density at radius 1 is 0.844 bits per heavy atom. The van der Waals surface area contributed by atoms with Gasteiger partial charge in [0.05, 0.1) is 42.0 Å². The molecule has 1 aromatic carbocycles. The molecule has 0 aliphatic rings. The molecule has 0 spiro atoms. The maximum atomic E-state index is 11.5. The number of esters is 2. The Morgan fingerprint density at radius 2 is 1.22 bits per heavy atom. The molecule has 0 saturated heterocycles. The SMILES string of the molecule is CCOC(=O)C/C(C)=N\Nc1cc(N/N=C(/C)CC(=O)OCC)c([N+](=O)[O-])cc1[N+](=O)[O-]. The van der Waals surface area contributed by atoms with Crippen LogP contribution < -0.4 is 10.9 Å². The summed E-state index contributed by atoms with van der Waals surface area (Å²) in [6.45, 7) is 6.69. The van der Waals surface area contributed by atoms with Crippen LogP contribution in [0.1, 0.15) is 40.5 Å². The Bertz CT molecular complexity index is 872. The molecule has 0 aliphatic carbocycles. The minimum Gasteiger partial charge on any atom is -0.466 e. The highest BCUT2D eigenvalue weighted by molar-refractivity contribution is 5.98. The number of nitro groups is 2. The van der Waals surface area contributed by atoms with Gasteiger partial charge in [-0.25, -0.2) is 0 Å². The summed E-state index contributed by atoms with van der Waals surface area (Å²) in [6.07, 6.45) is -0.297. The highest BCUT2D eigenvalue weighted by atomic mass is 16.6. The first kappa shape index (κ1) is 25.9. The number of carbonyl (C=O) groups excluding carboxylic acids is 2. The number of hydrogen-bond donors (Lipinski definition) is 2. The largest absolute Gasteiger partial charge is 0.466 e. The van der Waals surface area contributed by atoms with E-state index in [1.165, 1.54) is 13.8 Å². The van der Waals surface area contributed by atoms with E-state index < -0.39 is 33.2 Å². The minimum absolute atomic E-state index is 0.149. The number of carbonyl (C=O) groups is 2. The summed E-state index contributed by atoms with van der Waals surface area (Å²) in [7, 11) is 0. The van der Waals surface area contributed by atoms with Crippen LogP contribution in [0.4, 0.5) is 22.7 Å². The van der Waals surface area contributed by atoms with Crippen LogP contribution in [0.3, 0.4) is 0 Å². The Morgan fingerprint density at radius 3 is 1.53 bits per heavy atom. The topological polar surface area (TPSA) is 188 Å². The first-order valence-electron chi connectivity index (χ1n) is 9.45. The van der Waals surface area contributed by atoms with Gasteiger partial charge in [-0.2, -0.15) is 10.2 Å². The zero-order chi connectivity index (χ0) is 24.3. The first-order valence-corrected chi connectivity index (χ1v) is 9.45. The molecule has 0 atom stereocenters. The van der Waals surface area contributed by atoms with Crippen LogP contribution in [0.25, 0.3) is 0 Å². The number of ether oxygens (including phenoxy) is 2. The van der Waals surface area contributed by atoms with Crippen molar-refractivity contribution in [2.75, 3.05) is 24.1 Å². The van der Waals surface area contributed by atoms with Crippen LogP contribution in [-0.2, 0) is 19.1 Å².